The van der Waals surface area contributed by atoms with Crippen molar-refractivity contribution in [2.75, 3.05) is 5.32 Å². The number of carbonyl (C=O) groups is 2. The first kappa shape index (κ1) is 15.9. The molecule has 6 nitrogen and oxygen atoms in total. The van der Waals surface area contributed by atoms with E-state index in [1.54, 1.807) is 18.3 Å². The van der Waals surface area contributed by atoms with Crippen LogP contribution in [-0.2, 0) is 4.79 Å². The van der Waals surface area contributed by atoms with Crippen LogP contribution in [-0.4, -0.2) is 28.1 Å². The first-order valence-corrected chi connectivity index (χ1v) is 6.45. The van der Waals surface area contributed by atoms with E-state index in [-0.39, 0.29) is 11.8 Å². The van der Waals surface area contributed by atoms with E-state index in [0.29, 0.717) is 12.1 Å². The van der Waals surface area contributed by atoms with Gasteiger partial charge in [0.05, 0.1) is 18.3 Å². The molecular weight excluding hydrogens is 258 g/mol. The van der Waals surface area contributed by atoms with Crippen LogP contribution in [0, 0.1) is 5.41 Å². The lowest BCUT2D eigenvalue weighted by molar-refractivity contribution is -0.137. The van der Waals surface area contributed by atoms with Crippen molar-refractivity contribution in [3.8, 4) is 0 Å². The number of carbonyl (C=O) groups excluding carboxylic acids is 1. The Hall–Kier alpha value is -2.11. The fourth-order valence-electron chi connectivity index (χ4n) is 1.91. The summed E-state index contributed by atoms with van der Waals surface area (Å²) in [5, 5.41) is 14.2. The van der Waals surface area contributed by atoms with Crippen molar-refractivity contribution in [1.29, 1.82) is 0 Å². The average Bonchev–Trinajstić information content (AvgIpc) is 2.26. The van der Waals surface area contributed by atoms with E-state index in [0.717, 1.165) is 0 Å². The molecule has 0 saturated carbocycles. The topological polar surface area (TPSA) is 91.3 Å². The fourth-order valence-corrected chi connectivity index (χ4v) is 1.91. The van der Waals surface area contributed by atoms with Crippen LogP contribution in [0.3, 0.4) is 0 Å². The molecule has 0 fully saturated rings. The summed E-state index contributed by atoms with van der Waals surface area (Å²) in [5.74, 6) is -0.930. The average molecular weight is 279 g/mol. The molecule has 0 radical (unpaired) electrons. The SMILES string of the molecule is CC(C)(C)CC(CC(=O)O)NC(=O)Nc1cccnc1. The Morgan fingerprint density at radius 1 is 1.40 bits per heavy atom. The molecule has 1 aromatic rings. The van der Waals surface area contributed by atoms with E-state index in [1.807, 2.05) is 20.8 Å². The number of aromatic nitrogens is 1. The number of anilines is 1. The van der Waals surface area contributed by atoms with E-state index < -0.39 is 18.0 Å². The van der Waals surface area contributed by atoms with Crippen LogP contribution in [0.4, 0.5) is 10.5 Å². The molecule has 0 aliphatic rings. The van der Waals surface area contributed by atoms with E-state index >= 15 is 0 Å². The van der Waals surface area contributed by atoms with E-state index in [9.17, 15) is 9.59 Å². The Labute approximate surface area is 118 Å². The first-order valence-electron chi connectivity index (χ1n) is 6.45. The van der Waals surface area contributed by atoms with Crippen LogP contribution in [0.2, 0.25) is 0 Å². The smallest absolute Gasteiger partial charge is 0.319 e. The van der Waals surface area contributed by atoms with E-state index in [2.05, 4.69) is 15.6 Å². The zero-order chi connectivity index (χ0) is 15.2. The van der Waals surface area contributed by atoms with Gasteiger partial charge in [-0.15, -0.1) is 0 Å². The predicted octanol–water partition coefficient (Wildman–Crippen LogP) is 2.48. The lowest BCUT2D eigenvalue weighted by atomic mass is 9.87. The van der Waals surface area contributed by atoms with Gasteiger partial charge in [-0.2, -0.15) is 0 Å². The van der Waals surface area contributed by atoms with Crippen molar-refractivity contribution in [2.45, 2.75) is 39.7 Å². The number of pyridine rings is 1. The number of rotatable bonds is 5. The second-order valence-electron chi connectivity index (χ2n) is 5.90. The van der Waals surface area contributed by atoms with Gasteiger partial charge in [0.2, 0.25) is 0 Å². The van der Waals surface area contributed by atoms with Gasteiger partial charge in [0, 0.05) is 12.2 Å². The van der Waals surface area contributed by atoms with E-state index in [4.69, 9.17) is 5.11 Å². The molecule has 0 bridgehead atoms. The van der Waals surface area contributed by atoms with Gasteiger partial charge in [-0.25, -0.2) is 4.79 Å². The van der Waals surface area contributed by atoms with E-state index in [1.165, 1.54) is 6.20 Å². The molecule has 0 spiro atoms. The second kappa shape index (κ2) is 6.88. The second-order valence-corrected chi connectivity index (χ2v) is 5.90. The number of urea groups is 1. The van der Waals surface area contributed by atoms with Crippen LogP contribution in [0.25, 0.3) is 0 Å². The molecule has 3 N–H and O–H groups in total. The molecule has 1 heterocycles. The molecule has 1 aromatic heterocycles. The maximum absolute atomic E-state index is 11.8. The van der Waals surface area contributed by atoms with Gasteiger partial charge < -0.3 is 15.7 Å². The number of amides is 2. The van der Waals surface area contributed by atoms with Gasteiger partial charge in [0.15, 0.2) is 0 Å². The number of hydrogen-bond donors (Lipinski definition) is 3. The van der Waals surface area contributed by atoms with Gasteiger partial charge in [-0.1, -0.05) is 20.8 Å². The van der Waals surface area contributed by atoms with Crippen LogP contribution in [0.15, 0.2) is 24.5 Å². The third-order valence-electron chi connectivity index (χ3n) is 2.53. The fraction of sp³-hybridized carbons (Fsp3) is 0.500. The molecule has 0 saturated heterocycles. The number of nitrogens with zero attached hydrogens (tertiary/aromatic N) is 1. The standard InChI is InChI=1S/C14H21N3O3/c1-14(2,3)8-11(7-12(18)19)17-13(20)16-10-5-4-6-15-9-10/h4-6,9,11H,7-8H2,1-3H3,(H,18,19)(H2,16,17,20). The lowest BCUT2D eigenvalue weighted by Crippen LogP contribution is -2.41. The maximum atomic E-state index is 11.8. The largest absolute Gasteiger partial charge is 0.481 e. The quantitative estimate of drug-likeness (QED) is 0.772. The highest BCUT2D eigenvalue weighted by atomic mass is 16.4. The number of aliphatic carboxylic acids is 1. The molecule has 6 heteroatoms. The van der Waals surface area contributed by atoms with Gasteiger partial charge >= 0.3 is 12.0 Å². The molecule has 2 amide bonds. The Bertz CT molecular complexity index is 454. The van der Waals surface area contributed by atoms with Crippen LogP contribution in [0.1, 0.15) is 33.6 Å². The highest BCUT2D eigenvalue weighted by molar-refractivity contribution is 5.89. The highest BCUT2D eigenvalue weighted by Crippen LogP contribution is 2.22. The van der Waals surface area contributed by atoms with Crippen molar-refractivity contribution in [3.63, 3.8) is 0 Å². The number of nitrogens with one attached hydrogen (secondary N) is 2. The Balaban J connectivity index is 2.59. The zero-order valence-corrected chi connectivity index (χ0v) is 12.0. The minimum atomic E-state index is -0.930. The minimum absolute atomic E-state index is 0.0678. The van der Waals surface area contributed by atoms with Crippen molar-refractivity contribution < 1.29 is 14.7 Å². The number of hydrogen-bond acceptors (Lipinski definition) is 3. The van der Waals surface area contributed by atoms with Crippen molar-refractivity contribution >= 4 is 17.7 Å². The van der Waals surface area contributed by atoms with Crippen LogP contribution >= 0.6 is 0 Å². The molecular formula is C14H21N3O3. The van der Waals surface area contributed by atoms with Gasteiger partial charge in [-0.05, 0) is 24.0 Å². The summed E-state index contributed by atoms with van der Waals surface area (Å²) in [4.78, 5) is 26.6. The molecule has 1 unspecified atom stereocenters. The number of carboxylic acids is 1. The van der Waals surface area contributed by atoms with Gasteiger partial charge in [-0.3, -0.25) is 9.78 Å². The summed E-state index contributed by atoms with van der Waals surface area (Å²) in [6, 6.07) is 2.58. The molecule has 0 aliphatic heterocycles. The Morgan fingerprint density at radius 2 is 2.10 bits per heavy atom. The monoisotopic (exact) mass is 279 g/mol. The molecule has 1 atom stereocenters. The minimum Gasteiger partial charge on any atom is -0.481 e. The zero-order valence-electron chi connectivity index (χ0n) is 12.0. The van der Waals surface area contributed by atoms with Gasteiger partial charge in [0.25, 0.3) is 0 Å². The summed E-state index contributed by atoms with van der Waals surface area (Å²) < 4.78 is 0. The normalized spacial score (nSPS) is 12.6. The summed E-state index contributed by atoms with van der Waals surface area (Å²) >= 11 is 0. The molecule has 0 aromatic carbocycles. The van der Waals surface area contributed by atoms with Crippen LogP contribution in [0.5, 0.6) is 0 Å². The summed E-state index contributed by atoms with van der Waals surface area (Å²) in [6.07, 6.45) is 3.61. The molecule has 1 rings (SSSR count). The van der Waals surface area contributed by atoms with Crippen molar-refractivity contribution in [2.24, 2.45) is 5.41 Å². The first-order chi connectivity index (χ1) is 9.26. The number of carboxylic acid groups (broad SMARTS) is 1. The molecule has 20 heavy (non-hydrogen) atoms. The molecule has 0 aliphatic carbocycles. The summed E-state index contributed by atoms with van der Waals surface area (Å²) in [6.45, 7) is 6.01. The third-order valence-corrected chi connectivity index (χ3v) is 2.53. The Morgan fingerprint density at radius 3 is 2.60 bits per heavy atom. The summed E-state index contributed by atoms with van der Waals surface area (Å²) in [7, 11) is 0. The Kier molecular flexibility index (Phi) is 5.49. The van der Waals surface area contributed by atoms with Crippen molar-refractivity contribution in [3.05, 3.63) is 24.5 Å². The lowest BCUT2D eigenvalue weighted by Gasteiger charge is -2.25. The van der Waals surface area contributed by atoms with Crippen molar-refractivity contribution in [1.82, 2.24) is 10.3 Å². The highest BCUT2D eigenvalue weighted by Gasteiger charge is 2.22. The predicted molar refractivity (Wildman–Crippen MR) is 76.5 cm³/mol. The van der Waals surface area contributed by atoms with Gasteiger partial charge in [0.1, 0.15) is 0 Å². The third kappa shape index (κ3) is 6.72. The van der Waals surface area contributed by atoms with Crippen LogP contribution < -0.4 is 10.6 Å². The summed E-state index contributed by atoms with van der Waals surface area (Å²) in [5.41, 5.74) is 0.497. The molecule has 110 valence electrons. The maximum Gasteiger partial charge on any atom is 0.319 e.